The van der Waals surface area contributed by atoms with Crippen LogP contribution in [0.3, 0.4) is 0 Å². The molecule has 1 heterocycles. The monoisotopic (exact) mass is 359 g/mol. The molecule has 0 aliphatic heterocycles. The molecule has 1 aromatic heterocycles. The van der Waals surface area contributed by atoms with Crippen LogP contribution in [0, 0.1) is 20.8 Å². The van der Waals surface area contributed by atoms with Crippen LogP contribution in [0.15, 0.2) is 49.1 Å². The zero-order chi connectivity index (χ0) is 19.0. The van der Waals surface area contributed by atoms with Gasteiger partial charge in [-0.15, -0.1) is 9.24 Å². The number of benzene rings is 2. The summed E-state index contributed by atoms with van der Waals surface area (Å²) in [6, 6.07) is 13.0. The van der Waals surface area contributed by atoms with Crippen LogP contribution < -0.4 is 5.30 Å². The molecule has 0 bridgehead atoms. The van der Waals surface area contributed by atoms with Crippen LogP contribution in [0.2, 0.25) is 0 Å². The molecule has 132 valence electrons. The first-order chi connectivity index (χ1) is 12.3. The largest absolute Gasteiger partial charge is 0.247 e. The third-order valence-electron chi connectivity index (χ3n) is 5.08. The molecule has 1 nitrogen and oxygen atoms in total. The molecule has 1 unspecified atom stereocenters. The molecule has 0 saturated heterocycles. The minimum absolute atomic E-state index is 1.01. The average Bonchev–Trinajstić information content (AvgIpc) is 2.61. The standard InChI is InChI=1S/C24H26NP/c1-7-19(22-12-18(26)10-8-16(22)5)23-13-21(14(2)3)20-11-9-15(4)17(6)24(20)25-23/h7-13H,2,26H2,1,3-6H3/b19-7+. The highest BCUT2D eigenvalue weighted by Gasteiger charge is 2.14. The van der Waals surface area contributed by atoms with Gasteiger partial charge in [0.15, 0.2) is 0 Å². The maximum Gasteiger partial charge on any atom is 0.0747 e. The highest BCUT2D eigenvalue weighted by Crippen LogP contribution is 2.32. The lowest BCUT2D eigenvalue weighted by molar-refractivity contribution is 1.27. The van der Waals surface area contributed by atoms with Crippen molar-refractivity contribution in [3.05, 3.63) is 82.6 Å². The highest BCUT2D eigenvalue weighted by atomic mass is 31.0. The lowest BCUT2D eigenvalue weighted by Gasteiger charge is -2.16. The van der Waals surface area contributed by atoms with Gasteiger partial charge in [-0.2, -0.15) is 0 Å². The molecule has 0 saturated carbocycles. The van der Waals surface area contributed by atoms with E-state index >= 15 is 0 Å². The number of fused-ring (bicyclic) bond motifs is 1. The van der Waals surface area contributed by atoms with E-state index in [1.54, 1.807) is 0 Å². The Hall–Kier alpha value is -2.24. The molecule has 26 heavy (non-hydrogen) atoms. The fourth-order valence-electron chi connectivity index (χ4n) is 3.39. The number of hydrogen-bond acceptors (Lipinski definition) is 1. The minimum Gasteiger partial charge on any atom is -0.247 e. The predicted octanol–water partition coefficient (Wildman–Crippen LogP) is 6.15. The van der Waals surface area contributed by atoms with E-state index in [-0.39, 0.29) is 0 Å². The summed E-state index contributed by atoms with van der Waals surface area (Å²) >= 11 is 0. The number of aromatic nitrogens is 1. The van der Waals surface area contributed by atoms with E-state index in [2.05, 4.69) is 92.9 Å². The van der Waals surface area contributed by atoms with Crippen molar-refractivity contribution >= 4 is 36.6 Å². The van der Waals surface area contributed by atoms with Gasteiger partial charge in [0.2, 0.25) is 0 Å². The molecule has 0 aliphatic rings. The molecule has 0 aliphatic carbocycles. The van der Waals surface area contributed by atoms with Crippen molar-refractivity contribution in [2.24, 2.45) is 0 Å². The highest BCUT2D eigenvalue weighted by molar-refractivity contribution is 7.27. The fraction of sp³-hybridized carbons (Fsp3) is 0.208. The third kappa shape index (κ3) is 3.24. The first kappa shape index (κ1) is 18.5. The quantitative estimate of drug-likeness (QED) is 0.512. The lowest BCUT2D eigenvalue weighted by atomic mass is 9.93. The van der Waals surface area contributed by atoms with Crippen LogP contribution in [-0.2, 0) is 0 Å². The molecule has 0 fully saturated rings. The Bertz CT molecular complexity index is 1060. The number of aryl methyl sites for hydroxylation is 3. The molecule has 0 radical (unpaired) electrons. The van der Waals surface area contributed by atoms with Gasteiger partial charge in [-0.25, -0.2) is 4.98 Å². The summed E-state index contributed by atoms with van der Waals surface area (Å²) in [5.41, 5.74) is 10.5. The molecule has 0 amide bonds. The maximum atomic E-state index is 5.08. The van der Waals surface area contributed by atoms with Crippen LogP contribution in [0.5, 0.6) is 0 Å². The van der Waals surface area contributed by atoms with Crippen LogP contribution in [0.25, 0.3) is 22.0 Å². The van der Waals surface area contributed by atoms with Gasteiger partial charge in [0.1, 0.15) is 0 Å². The molecule has 3 rings (SSSR count). The van der Waals surface area contributed by atoms with Gasteiger partial charge >= 0.3 is 0 Å². The van der Waals surface area contributed by atoms with E-state index in [1.807, 2.05) is 0 Å². The number of rotatable bonds is 3. The summed E-state index contributed by atoms with van der Waals surface area (Å²) in [7, 11) is 2.79. The van der Waals surface area contributed by atoms with Crippen molar-refractivity contribution < 1.29 is 0 Å². The van der Waals surface area contributed by atoms with Crippen LogP contribution in [0.1, 0.15) is 47.4 Å². The summed E-state index contributed by atoms with van der Waals surface area (Å²) in [5, 5.41) is 2.36. The van der Waals surface area contributed by atoms with Crippen molar-refractivity contribution in [2.45, 2.75) is 34.6 Å². The zero-order valence-corrected chi connectivity index (χ0v) is 17.4. The summed E-state index contributed by atoms with van der Waals surface area (Å²) < 4.78 is 0. The summed E-state index contributed by atoms with van der Waals surface area (Å²) in [5.74, 6) is 0. The maximum absolute atomic E-state index is 5.08. The number of nitrogens with zero attached hydrogens (tertiary/aromatic N) is 1. The Morgan fingerprint density at radius 3 is 2.35 bits per heavy atom. The van der Waals surface area contributed by atoms with Crippen molar-refractivity contribution in [2.75, 3.05) is 0 Å². The fourth-order valence-corrected chi connectivity index (χ4v) is 3.65. The Kier molecular flexibility index (Phi) is 5.12. The molecular weight excluding hydrogens is 333 g/mol. The summed E-state index contributed by atoms with van der Waals surface area (Å²) in [6.45, 7) is 14.8. The van der Waals surface area contributed by atoms with E-state index in [9.17, 15) is 0 Å². The lowest BCUT2D eigenvalue weighted by Crippen LogP contribution is -2.02. The second-order valence-corrected chi connectivity index (χ2v) is 7.68. The van der Waals surface area contributed by atoms with Crippen molar-refractivity contribution in [1.82, 2.24) is 4.98 Å². The molecule has 0 spiro atoms. The van der Waals surface area contributed by atoms with Gasteiger partial charge in [0.25, 0.3) is 0 Å². The van der Waals surface area contributed by atoms with Crippen molar-refractivity contribution in [3.63, 3.8) is 0 Å². The predicted molar refractivity (Wildman–Crippen MR) is 119 cm³/mol. The molecule has 1 atom stereocenters. The number of allylic oxidation sites excluding steroid dienone is 2. The Morgan fingerprint density at radius 1 is 1.00 bits per heavy atom. The third-order valence-corrected chi connectivity index (χ3v) is 5.44. The van der Waals surface area contributed by atoms with Crippen LogP contribution in [0.4, 0.5) is 0 Å². The molecule has 2 aromatic carbocycles. The van der Waals surface area contributed by atoms with Gasteiger partial charge in [-0.3, -0.25) is 0 Å². The molecule has 0 N–H and O–H groups in total. The van der Waals surface area contributed by atoms with E-state index in [0.717, 1.165) is 22.4 Å². The van der Waals surface area contributed by atoms with E-state index < -0.39 is 0 Å². The van der Waals surface area contributed by atoms with Crippen LogP contribution >= 0.6 is 9.24 Å². The SMILES string of the molecule is C=C(C)c1cc(/C(=C/C)c2cc(P)ccc2C)nc2c(C)c(C)ccc12. The Balaban J connectivity index is 2.35. The first-order valence-electron chi connectivity index (χ1n) is 8.93. The van der Waals surface area contributed by atoms with E-state index in [1.165, 1.54) is 38.5 Å². The van der Waals surface area contributed by atoms with Gasteiger partial charge in [-0.1, -0.05) is 42.5 Å². The molecular formula is C24H26NP. The van der Waals surface area contributed by atoms with Crippen molar-refractivity contribution in [3.8, 4) is 0 Å². The van der Waals surface area contributed by atoms with Gasteiger partial charge in [0, 0.05) is 11.0 Å². The molecule has 2 heteroatoms. The van der Waals surface area contributed by atoms with Gasteiger partial charge < -0.3 is 0 Å². The van der Waals surface area contributed by atoms with Gasteiger partial charge in [0.05, 0.1) is 11.2 Å². The normalized spacial score (nSPS) is 11.8. The minimum atomic E-state index is 1.01. The average molecular weight is 359 g/mol. The first-order valence-corrected chi connectivity index (χ1v) is 9.51. The Morgan fingerprint density at radius 2 is 1.69 bits per heavy atom. The summed E-state index contributed by atoms with van der Waals surface area (Å²) in [6.07, 6.45) is 2.16. The second-order valence-electron chi connectivity index (χ2n) is 7.02. The second kappa shape index (κ2) is 7.17. The number of pyridine rings is 1. The van der Waals surface area contributed by atoms with Crippen LogP contribution in [-0.4, -0.2) is 4.98 Å². The molecule has 3 aromatic rings. The van der Waals surface area contributed by atoms with Gasteiger partial charge in [-0.05, 0) is 79.9 Å². The Labute approximate surface area is 159 Å². The summed E-state index contributed by atoms with van der Waals surface area (Å²) in [4.78, 5) is 5.08. The number of hydrogen-bond donors (Lipinski definition) is 0. The smallest absolute Gasteiger partial charge is 0.0747 e. The van der Waals surface area contributed by atoms with E-state index in [4.69, 9.17) is 4.98 Å². The topological polar surface area (TPSA) is 12.9 Å². The zero-order valence-electron chi connectivity index (χ0n) is 16.3. The van der Waals surface area contributed by atoms with E-state index in [0.29, 0.717) is 0 Å². The van der Waals surface area contributed by atoms with Crippen molar-refractivity contribution in [1.29, 1.82) is 0 Å².